The minimum absolute atomic E-state index is 0.901. The highest BCUT2D eigenvalue weighted by atomic mass is 16.3. The van der Waals surface area contributed by atoms with Crippen molar-refractivity contribution in [2.75, 3.05) is 0 Å². The van der Waals surface area contributed by atoms with Crippen molar-refractivity contribution < 1.29 is 8.83 Å². The Morgan fingerprint density at radius 1 is 0.288 bits per heavy atom. The van der Waals surface area contributed by atoms with Gasteiger partial charge in [0.25, 0.3) is 0 Å². The third kappa shape index (κ3) is 3.75. The molecule has 0 bridgehead atoms. The van der Waals surface area contributed by atoms with Gasteiger partial charge < -0.3 is 18.0 Å². The Hall–Kier alpha value is -7.04. The monoisotopic (exact) mass is 664 g/mol. The van der Waals surface area contributed by atoms with Gasteiger partial charge in [-0.2, -0.15) is 0 Å². The Labute approximate surface area is 296 Å². The van der Waals surface area contributed by atoms with Crippen molar-refractivity contribution in [2.45, 2.75) is 0 Å². The standard InChI is InChI=1S/C48H28N2O2/c1-3-11-31(12-4-1)49-40-22-20-30(26-38(40)47-41(49)23-24-45-48(47)34-16-8-10-18-44(34)51-45)29-19-21-39-35(25-29)36-28-46-37(33-15-7-9-17-43(33)52-46)27-42(36)50(39)32-13-5-2-6-14-32/h1-28H. The van der Waals surface area contributed by atoms with Crippen LogP contribution in [0, 0.1) is 0 Å². The van der Waals surface area contributed by atoms with Crippen LogP contribution in [0.15, 0.2) is 179 Å². The van der Waals surface area contributed by atoms with E-state index in [1.165, 1.54) is 21.5 Å². The summed E-state index contributed by atoms with van der Waals surface area (Å²) in [6.07, 6.45) is 0. The topological polar surface area (TPSA) is 36.1 Å². The molecule has 12 rings (SSSR count). The largest absolute Gasteiger partial charge is 0.456 e. The van der Waals surface area contributed by atoms with Crippen molar-refractivity contribution in [3.63, 3.8) is 0 Å². The number of benzene rings is 8. The predicted molar refractivity (Wildman–Crippen MR) is 215 cm³/mol. The van der Waals surface area contributed by atoms with Gasteiger partial charge in [0.1, 0.15) is 22.3 Å². The van der Waals surface area contributed by atoms with Crippen molar-refractivity contribution in [2.24, 2.45) is 0 Å². The highest BCUT2D eigenvalue weighted by Crippen LogP contribution is 2.44. The third-order valence-electron chi connectivity index (χ3n) is 10.9. The molecule has 0 aliphatic carbocycles. The number of para-hydroxylation sites is 4. The third-order valence-corrected chi connectivity index (χ3v) is 10.9. The summed E-state index contributed by atoms with van der Waals surface area (Å²) in [4.78, 5) is 0. The molecule has 52 heavy (non-hydrogen) atoms. The molecule has 4 heterocycles. The molecule has 12 aromatic rings. The highest BCUT2D eigenvalue weighted by molar-refractivity contribution is 6.28. The molecule has 0 unspecified atom stereocenters. The number of nitrogens with zero attached hydrogens (tertiary/aromatic N) is 2. The Kier molecular flexibility index (Phi) is 5.47. The molecule has 0 aliphatic rings. The second-order valence-electron chi connectivity index (χ2n) is 13.7. The Bertz CT molecular complexity index is 3400. The number of hydrogen-bond donors (Lipinski definition) is 0. The van der Waals surface area contributed by atoms with Crippen LogP contribution < -0.4 is 0 Å². The first kappa shape index (κ1) is 27.7. The molecule has 0 amide bonds. The van der Waals surface area contributed by atoms with E-state index in [1.807, 2.05) is 18.2 Å². The minimum Gasteiger partial charge on any atom is -0.456 e. The van der Waals surface area contributed by atoms with Crippen LogP contribution in [0.1, 0.15) is 0 Å². The molecule has 0 fully saturated rings. The maximum Gasteiger partial charge on any atom is 0.136 e. The molecule has 8 aromatic carbocycles. The van der Waals surface area contributed by atoms with Gasteiger partial charge in [-0.1, -0.05) is 84.9 Å². The van der Waals surface area contributed by atoms with Crippen LogP contribution in [0.5, 0.6) is 0 Å². The van der Waals surface area contributed by atoms with Crippen LogP contribution in [0.3, 0.4) is 0 Å². The number of aromatic nitrogens is 2. The van der Waals surface area contributed by atoms with Crippen LogP contribution in [0.25, 0.3) is 110 Å². The first-order valence-corrected chi connectivity index (χ1v) is 17.7. The van der Waals surface area contributed by atoms with Crippen molar-refractivity contribution >= 4 is 87.5 Å². The summed E-state index contributed by atoms with van der Waals surface area (Å²) in [5, 5.41) is 9.30. The summed E-state index contributed by atoms with van der Waals surface area (Å²) >= 11 is 0. The lowest BCUT2D eigenvalue weighted by Gasteiger charge is -2.09. The van der Waals surface area contributed by atoms with Crippen molar-refractivity contribution in [1.82, 2.24) is 9.13 Å². The van der Waals surface area contributed by atoms with Gasteiger partial charge in [-0.15, -0.1) is 0 Å². The summed E-state index contributed by atoms with van der Waals surface area (Å²) in [6.45, 7) is 0. The van der Waals surface area contributed by atoms with Crippen LogP contribution in [0.4, 0.5) is 0 Å². The number of furan rings is 2. The van der Waals surface area contributed by atoms with E-state index >= 15 is 0 Å². The van der Waals surface area contributed by atoms with Gasteiger partial charge in [-0.05, 0) is 96.1 Å². The van der Waals surface area contributed by atoms with E-state index in [-0.39, 0.29) is 0 Å². The van der Waals surface area contributed by atoms with Crippen LogP contribution in [0.2, 0.25) is 0 Å². The lowest BCUT2D eigenvalue weighted by molar-refractivity contribution is 0.669. The minimum atomic E-state index is 0.901. The van der Waals surface area contributed by atoms with E-state index < -0.39 is 0 Å². The number of rotatable bonds is 3. The zero-order valence-electron chi connectivity index (χ0n) is 27.9. The number of fused-ring (bicyclic) bond motifs is 13. The summed E-state index contributed by atoms with van der Waals surface area (Å²) in [7, 11) is 0. The molecule has 4 heteroatoms. The van der Waals surface area contributed by atoms with Crippen LogP contribution in [-0.2, 0) is 0 Å². The van der Waals surface area contributed by atoms with Crippen molar-refractivity contribution in [3.05, 3.63) is 170 Å². The maximum absolute atomic E-state index is 6.41. The SMILES string of the molecule is c1ccc(-n2c3ccc(-c4ccc5c(c4)c4c6c(ccc4n5-c4ccccc4)oc4ccccc46)cc3c3cc4oc5ccccc5c4cc32)cc1. The molecule has 0 saturated carbocycles. The molecule has 0 saturated heterocycles. The summed E-state index contributed by atoms with van der Waals surface area (Å²) in [5.41, 5.74) is 12.9. The second kappa shape index (κ2) is 10.3. The van der Waals surface area contributed by atoms with E-state index in [0.29, 0.717) is 0 Å². The first-order chi connectivity index (χ1) is 25.8. The van der Waals surface area contributed by atoms with E-state index in [1.54, 1.807) is 0 Å². The van der Waals surface area contributed by atoms with Gasteiger partial charge >= 0.3 is 0 Å². The zero-order chi connectivity index (χ0) is 33.9. The Balaban J connectivity index is 1.15. The lowest BCUT2D eigenvalue weighted by Crippen LogP contribution is -1.93. The van der Waals surface area contributed by atoms with E-state index in [2.05, 4.69) is 161 Å². The summed E-state index contributed by atoms with van der Waals surface area (Å²) < 4.78 is 17.6. The predicted octanol–water partition coefficient (Wildman–Crippen LogP) is 13.3. The van der Waals surface area contributed by atoms with E-state index in [4.69, 9.17) is 8.83 Å². The highest BCUT2D eigenvalue weighted by Gasteiger charge is 2.21. The lowest BCUT2D eigenvalue weighted by atomic mass is 9.99. The average molecular weight is 665 g/mol. The normalized spacial score (nSPS) is 12.2. The molecule has 242 valence electrons. The van der Waals surface area contributed by atoms with E-state index in [9.17, 15) is 0 Å². The number of hydrogen-bond acceptors (Lipinski definition) is 2. The van der Waals surface area contributed by atoms with Crippen LogP contribution in [-0.4, -0.2) is 9.13 Å². The Morgan fingerprint density at radius 3 is 1.56 bits per heavy atom. The van der Waals surface area contributed by atoms with Gasteiger partial charge in [0.15, 0.2) is 0 Å². The quantitative estimate of drug-likeness (QED) is 0.188. The fourth-order valence-electron chi connectivity index (χ4n) is 8.63. The molecule has 0 aliphatic heterocycles. The molecule has 0 spiro atoms. The molecular weight excluding hydrogens is 637 g/mol. The fraction of sp³-hybridized carbons (Fsp3) is 0. The first-order valence-electron chi connectivity index (χ1n) is 17.7. The van der Waals surface area contributed by atoms with Gasteiger partial charge in [-0.25, -0.2) is 0 Å². The smallest absolute Gasteiger partial charge is 0.136 e. The molecule has 0 radical (unpaired) electrons. The second-order valence-corrected chi connectivity index (χ2v) is 13.7. The zero-order valence-corrected chi connectivity index (χ0v) is 27.9. The van der Waals surface area contributed by atoms with Crippen molar-refractivity contribution in [1.29, 1.82) is 0 Å². The van der Waals surface area contributed by atoms with Gasteiger partial charge in [0.05, 0.1) is 22.1 Å². The molecule has 0 N–H and O–H groups in total. The van der Waals surface area contributed by atoms with Gasteiger partial charge in [0.2, 0.25) is 0 Å². The van der Waals surface area contributed by atoms with Crippen molar-refractivity contribution in [3.8, 4) is 22.5 Å². The molecule has 4 aromatic heterocycles. The maximum atomic E-state index is 6.41. The summed E-state index contributed by atoms with van der Waals surface area (Å²) in [6, 6.07) is 60.6. The van der Waals surface area contributed by atoms with Crippen LogP contribution >= 0.6 is 0 Å². The molecular formula is C48H28N2O2. The van der Waals surface area contributed by atoms with Gasteiger partial charge in [-0.3, -0.25) is 0 Å². The molecule has 4 nitrogen and oxygen atoms in total. The van der Waals surface area contributed by atoms with Gasteiger partial charge in [0, 0.05) is 54.5 Å². The summed E-state index contributed by atoms with van der Waals surface area (Å²) in [5.74, 6) is 0. The fourth-order valence-corrected chi connectivity index (χ4v) is 8.63. The molecule has 0 atom stereocenters. The Morgan fingerprint density at radius 2 is 0.827 bits per heavy atom. The average Bonchev–Trinajstić information content (AvgIpc) is 3.94. The van der Waals surface area contributed by atoms with E-state index in [0.717, 1.165) is 88.4 Å².